The summed E-state index contributed by atoms with van der Waals surface area (Å²) >= 11 is 1.41. The number of benzene rings is 1. The van der Waals surface area contributed by atoms with Gasteiger partial charge in [0, 0.05) is 28.8 Å². The van der Waals surface area contributed by atoms with Crippen LogP contribution >= 0.6 is 11.3 Å². The lowest BCUT2D eigenvalue weighted by molar-refractivity contribution is 0.103. The summed E-state index contributed by atoms with van der Waals surface area (Å²) in [6.07, 6.45) is 3.29. The molecular weight excluding hydrogens is 438 g/mol. The first-order valence-corrected chi connectivity index (χ1v) is 11.4. The van der Waals surface area contributed by atoms with Crippen LogP contribution in [-0.2, 0) is 5.41 Å². The van der Waals surface area contributed by atoms with E-state index in [2.05, 4.69) is 41.2 Å². The third-order valence-corrected chi connectivity index (χ3v) is 6.25. The number of carbonyl (C=O) groups excluding carboxylic acids is 1. The van der Waals surface area contributed by atoms with Gasteiger partial charge >= 0.3 is 0 Å². The van der Waals surface area contributed by atoms with Crippen LogP contribution in [0.15, 0.2) is 54.9 Å². The van der Waals surface area contributed by atoms with Crippen LogP contribution in [0.4, 0.5) is 5.82 Å². The molecule has 9 heteroatoms. The van der Waals surface area contributed by atoms with Gasteiger partial charge < -0.3 is 14.8 Å². The Hall–Kier alpha value is -3.72. The van der Waals surface area contributed by atoms with E-state index in [1.54, 1.807) is 23.1 Å². The monoisotopic (exact) mass is 461 g/mol. The first kappa shape index (κ1) is 21.1. The fraction of sp³-hybridized carbons (Fsp3) is 0.250. The highest BCUT2D eigenvalue weighted by atomic mass is 32.1. The Morgan fingerprint density at radius 1 is 1.03 bits per heavy atom. The van der Waals surface area contributed by atoms with Crippen LogP contribution in [0.25, 0.3) is 16.4 Å². The van der Waals surface area contributed by atoms with E-state index in [4.69, 9.17) is 9.47 Å². The molecule has 3 aromatic heterocycles. The van der Waals surface area contributed by atoms with E-state index >= 15 is 0 Å². The number of nitrogens with zero attached hydrogens (tertiary/aromatic N) is 4. The summed E-state index contributed by atoms with van der Waals surface area (Å²) in [5.74, 6) is 2.16. The molecule has 0 fully saturated rings. The molecule has 0 radical (unpaired) electrons. The Kier molecular flexibility index (Phi) is 5.33. The average molecular weight is 462 g/mol. The number of hydrogen-bond donors (Lipinski definition) is 1. The van der Waals surface area contributed by atoms with Gasteiger partial charge in [-0.3, -0.25) is 4.79 Å². The molecule has 1 aliphatic rings. The second kappa shape index (κ2) is 8.32. The number of fused-ring (bicyclic) bond motifs is 1. The first-order valence-electron chi connectivity index (χ1n) is 10.6. The van der Waals surface area contributed by atoms with Gasteiger partial charge in [0.15, 0.2) is 11.5 Å². The lowest BCUT2D eigenvalue weighted by atomic mass is 9.92. The summed E-state index contributed by atoms with van der Waals surface area (Å²) in [6, 6.07) is 13.2. The molecule has 1 aromatic carbocycles. The third kappa shape index (κ3) is 4.31. The second-order valence-electron chi connectivity index (χ2n) is 8.60. The van der Waals surface area contributed by atoms with Crippen molar-refractivity contribution in [2.45, 2.75) is 26.2 Å². The number of ether oxygens (including phenoxy) is 2. The Morgan fingerprint density at radius 2 is 1.79 bits per heavy atom. The highest BCUT2D eigenvalue weighted by Gasteiger charge is 2.23. The van der Waals surface area contributed by atoms with Crippen LogP contribution in [0.3, 0.4) is 0 Å². The minimum absolute atomic E-state index is 0.201. The Bertz CT molecular complexity index is 1310. The van der Waals surface area contributed by atoms with Crippen LogP contribution in [0.5, 0.6) is 11.5 Å². The Morgan fingerprint density at radius 3 is 2.55 bits per heavy atom. The van der Waals surface area contributed by atoms with Gasteiger partial charge in [0.2, 0.25) is 0 Å². The summed E-state index contributed by atoms with van der Waals surface area (Å²) < 4.78 is 12.8. The SMILES string of the molecule is CC(C)(C)c1cc(NC(=O)c2ccc(-c3ccc4c(c3)OCCO4)s2)n(-c2ncccn2)n1. The molecule has 0 atom stereocenters. The van der Waals surface area contributed by atoms with Crippen molar-refractivity contribution in [3.8, 4) is 27.9 Å². The van der Waals surface area contributed by atoms with Crippen molar-refractivity contribution in [2.24, 2.45) is 0 Å². The quantitative estimate of drug-likeness (QED) is 0.473. The predicted octanol–water partition coefficient (Wildman–Crippen LogP) is 4.71. The maximum absolute atomic E-state index is 13.1. The molecule has 0 saturated carbocycles. The minimum atomic E-state index is -0.221. The van der Waals surface area contributed by atoms with Crippen LogP contribution in [-0.4, -0.2) is 38.9 Å². The van der Waals surface area contributed by atoms with Crippen molar-refractivity contribution in [1.82, 2.24) is 19.7 Å². The van der Waals surface area contributed by atoms with Gasteiger partial charge in [0.1, 0.15) is 19.0 Å². The zero-order chi connectivity index (χ0) is 23.0. The molecule has 4 heterocycles. The van der Waals surface area contributed by atoms with Gasteiger partial charge in [0.05, 0.1) is 10.6 Å². The van der Waals surface area contributed by atoms with Crippen molar-refractivity contribution in [2.75, 3.05) is 18.5 Å². The molecular formula is C24H23N5O3S. The molecule has 0 unspecified atom stereocenters. The fourth-order valence-electron chi connectivity index (χ4n) is 3.38. The molecule has 168 valence electrons. The number of thiophene rings is 1. The van der Waals surface area contributed by atoms with Gasteiger partial charge in [-0.05, 0) is 42.0 Å². The average Bonchev–Trinajstić information content (AvgIpc) is 3.47. The number of amides is 1. The largest absolute Gasteiger partial charge is 0.486 e. The maximum Gasteiger partial charge on any atom is 0.266 e. The second-order valence-corrected chi connectivity index (χ2v) is 9.69. The molecule has 5 rings (SSSR count). The third-order valence-electron chi connectivity index (χ3n) is 5.12. The standard InChI is InChI=1S/C24H23N5O3S/c1-24(2,3)20-14-21(29(28-20)23-25-9-4-10-26-23)27-22(30)19-8-7-18(33-19)15-5-6-16-17(13-15)32-12-11-31-16/h4-10,13-14H,11-12H2,1-3H3,(H,27,30). The number of nitrogens with one attached hydrogen (secondary N) is 1. The van der Waals surface area contributed by atoms with Gasteiger partial charge in [0.25, 0.3) is 11.9 Å². The topological polar surface area (TPSA) is 91.2 Å². The van der Waals surface area contributed by atoms with E-state index in [-0.39, 0.29) is 11.3 Å². The van der Waals surface area contributed by atoms with Gasteiger partial charge in [-0.1, -0.05) is 20.8 Å². The van der Waals surface area contributed by atoms with E-state index in [1.165, 1.54) is 11.3 Å². The Labute approximate surface area is 195 Å². The van der Waals surface area contributed by atoms with Crippen molar-refractivity contribution in [3.63, 3.8) is 0 Å². The van der Waals surface area contributed by atoms with Crippen LogP contribution in [0, 0.1) is 0 Å². The summed E-state index contributed by atoms with van der Waals surface area (Å²) in [5.41, 5.74) is 1.60. The smallest absolute Gasteiger partial charge is 0.266 e. The number of rotatable bonds is 4. The minimum Gasteiger partial charge on any atom is -0.486 e. The number of anilines is 1. The number of aromatic nitrogens is 4. The molecule has 1 aliphatic heterocycles. The number of hydrogen-bond acceptors (Lipinski definition) is 7. The molecule has 33 heavy (non-hydrogen) atoms. The van der Waals surface area contributed by atoms with Gasteiger partial charge in [-0.25, -0.2) is 9.97 Å². The molecule has 8 nitrogen and oxygen atoms in total. The van der Waals surface area contributed by atoms with Crippen molar-refractivity contribution in [3.05, 3.63) is 65.4 Å². The highest BCUT2D eigenvalue weighted by Crippen LogP contribution is 2.37. The van der Waals surface area contributed by atoms with Crippen molar-refractivity contribution in [1.29, 1.82) is 0 Å². The zero-order valence-corrected chi connectivity index (χ0v) is 19.3. The first-order chi connectivity index (χ1) is 15.9. The zero-order valence-electron chi connectivity index (χ0n) is 18.5. The summed E-state index contributed by atoms with van der Waals surface area (Å²) in [7, 11) is 0. The normalized spacial score (nSPS) is 13.1. The van der Waals surface area contributed by atoms with Crippen molar-refractivity contribution < 1.29 is 14.3 Å². The lowest BCUT2D eigenvalue weighted by Gasteiger charge is -2.18. The van der Waals surface area contributed by atoms with E-state index < -0.39 is 0 Å². The summed E-state index contributed by atoms with van der Waals surface area (Å²) in [6.45, 7) is 7.28. The molecule has 0 saturated heterocycles. The van der Waals surface area contributed by atoms with E-state index in [9.17, 15) is 4.79 Å². The fourth-order valence-corrected chi connectivity index (χ4v) is 4.28. The molecule has 0 aliphatic carbocycles. The van der Waals surface area contributed by atoms with Crippen molar-refractivity contribution >= 4 is 23.1 Å². The summed E-state index contributed by atoms with van der Waals surface area (Å²) in [5, 5.41) is 7.63. The van der Waals surface area contributed by atoms with E-state index in [0.717, 1.165) is 27.6 Å². The highest BCUT2D eigenvalue weighted by molar-refractivity contribution is 7.17. The molecule has 0 bridgehead atoms. The van der Waals surface area contributed by atoms with Crippen LogP contribution in [0.2, 0.25) is 0 Å². The molecule has 1 amide bonds. The van der Waals surface area contributed by atoms with E-state index in [0.29, 0.717) is 29.9 Å². The van der Waals surface area contributed by atoms with E-state index in [1.807, 2.05) is 36.4 Å². The number of carbonyl (C=O) groups is 1. The van der Waals surface area contributed by atoms with Crippen LogP contribution < -0.4 is 14.8 Å². The van der Waals surface area contributed by atoms with Gasteiger partial charge in [-0.2, -0.15) is 9.78 Å². The Balaban J connectivity index is 1.42. The lowest BCUT2D eigenvalue weighted by Crippen LogP contribution is -2.15. The maximum atomic E-state index is 13.1. The molecule has 1 N–H and O–H groups in total. The molecule has 0 spiro atoms. The predicted molar refractivity (Wildman–Crippen MR) is 127 cm³/mol. The molecule has 4 aromatic rings. The van der Waals surface area contributed by atoms with Crippen LogP contribution in [0.1, 0.15) is 36.1 Å². The summed E-state index contributed by atoms with van der Waals surface area (Å²) in [4.78, 5) is 23.2. The van der Waals surface area contributed by atoms with Gasteiger partial charge in [-0.15, -0.1) is 11.3 Å².